The van der Waals surface area contributed by atoms with Crippen LogP contribution in [0.5, 0.6) is 0 Å². The summed E-state index contributed by atoms with van der Waals surface area (Å²) in [4.78, 5) is 18.5. The van der Waals surface area contributed by atoms with E-state index in [0.717, 1.165) is 16.6 Å². The zero-order chi connectivity index (χ0) is 17.6. The van der Waals surface area contributed by atoms with Crippen LogP contribution < -0.4 is 10.6 Å². The molecule has 0 bridgehead atoms. The van der Waals surface area contributed by atoms with Crippen molar-refractivity contribution in [3.05, 3.63) is 30.0 Å². The summed E-state index contributed by atoms with van der Waals surface area (Å²) in [7, 11) is -2.95. The summed E-state index contributed by atoms with van der Waals surface area (Å²) in [5, 5.41) is 0. The van der Waals surface area contributed by atoms with Crippen LogP contribution >= 0.6 is 0 Å². The molecule has 0 radical (unpaired) electrons. The summed E-state index contributed by atoms with van der Waals surface area (Å²) in [6, 6.07) is 5.94. The summed E-state index contributed by atoms with van der Waals surface area (Å²) in [5.74, 6) is 1.69. The Bertz CT molecular complexity index is 1050. The van der Waals surface area contributed by atoms with E-state index in [-0.39, 0.29) is 18.8 Å². The summed E-state index contributed by atoms with van der Waals surface area (Å²) >= 11 is 0. The molecule has 132 valence electrons. The molecule has 0 spiro atoms. The lowest BCUT2D eigenvalue weighted by molar-refractivity contribution is 0.586. The van der Waals surface area contributed by atoms with Gasteiger partial charge in [-0.05, 0) is 24.6 Å². The van der Waals surface area contributed by atoms with Gasteiger partial charge < -0.3 is 15.6 Å². The Balaban J connectivity index is 0.00000196. The van der Waals surface area contributed by atoms with Crippen LogP contribution in [0.2, 0.25) is 0 Å². The molecule has 3 heterocycles. The third-order valence-corrected chi connectivity index (χ3v) is 5.93. The first-order valence-corrected chi connectivity index (χ1v) is 9.78. The van der Waals surface area contributed by atoms with Gasteiger partial charge in [0, 0.05) is 14.5 Å². The van der Waals surface area contributed by atoms with Crippen LogP contribution in [-0.2, 0) is 9.84 Å². The van der Waals surface area contributed by atoms with Crippen LogP contribution in [0.4, 0.5) is 11.6 Å². The standard InChI is InChI=1S/C16H18N6O2S.H2/c1-10-2-3-11-12(8-10)20-16(19-11)14-15(17)18-9-13(21-14)22-4-6-25(23,24)7-5-22;/h2-3,8-9H,4-7H2,1H3,(H2,17,18)(H,19,20);1H. The van der Waals surface area contributed by atoms with Gasteiger partial charge in [0.1, 0.15) is 5.82 Å². The van der Waals surface area contributed by atoms with E-state index in [9.17, 15) is 8.42 Å². The molecule has 1 saturated heterocycles. The first-order chi connectivity index (χ1) is 11.9. The maximum Gasteiger partial charge on any atom is 0.161 e. The second-order valence-electron chi connectivity index (χ2n) is 6.21. The fourth-order valence-electron chi connectivity index (χ4n) is 2.89. The van der Waals surface area contributed by atoms with E-state index >= 15 is 0 Å². The zero-order valence-corrected chi connectivity index (χ0v) is 14.5. The molecule has 0 amide bonds. The van der Waals surface area contributed by atoms with Gasteiger partial charge in [-0.25, -0.2) is 23.4 Å². The predicted octanol–water partition coefficient (Wildman–Crippen LogP) is 1.39. The molecular formula is C16H20N6O2S. The number of aryl methyl sites for hydroxylation is 1. The van der Waals surface area contributed by atoms with E-state index < -0.39 is 9.84 Å². The molecule has 3 N–H and O–H groups in total. The van der Waals surface area contributed by atoms with Crippen molar-refractivity contribution in [1.82, 2.24) is 19.9 Å². The first kappa shape index (κ1) is 15.8. The van der Waals surface area contributed by atoms with Crippen LogP contribution in [0.15, 0.2) is 24.4 Å². The monoisotopic (exact) mass is 360 g/mol. The van der Waals surface area contributed by atoms with Crippen LogP contribution in [-0.4, -0.2) is 52.9 Å². The number of aromatic amines is 1. The predicted molar refractivity (Wildman–Crippen MR) is 99.2 cm³/mol. The second kappa shape index (κ2) is 5.69. The summed E-state index contributed by atoms with van der Waals surface area (Å²) in [6.45, 7) is 2.82. The molecule has 1 aliphatic heterocycles. The zero-order valence-electron chi connectivity index (χ0n) is 13.7. The lowest BCUT2D eigenvalue weighted by Gasteiger charge is -2.27. The van der Waals surface area contributed by atoms with Crippen LogP contribution in [0, 0.1) is 6.92 Å². The molecular weight excluding hydrogens is 340 g/mol. The van der Waals surface area contributed by atoms with Gasteiger partial charge in [0.05, 0.1) is 28.7 Å². The number of nitrogens with two attached hydrogens (primary N) is 1. The lowest BCUT2D eigenvalue weighted by atomic mass is 10.2. The van der Waals surface area contributed by atoms with E-state index in [1.54, 1.807) is 6.20 Å². The number of nitrogen functional groups attached to an aromatic ring is 1. The number of benzene rings is 1. The Kier molecular flexibility index (Phi) is 3.60. The number of anilines is 2. The van der Waals surface area contributed by atoms with E-state index in [1.165, 1.54) is 0 Å². The molecule has 4 rings (SSSR count). The van der Waals surface area contributed by atoms with E-state index in [2.05, 4.69) is 19.9 Å². The minimum absolute atomic E-state index is 0. The average Bonchev–Trinajstić information content (AvgIpc) is 2.98. The van der Waals surface area contributed by atoms with Gasteiger partial charge in [0.15, 0.2) is 27.2 Å². The fourth-order valence-corrected chi connectivity index (χ4v) is 4.09. The molecule has 8 nitrogen and oxygen atoms in total. The summed E-state index contributed by atoms with van der Waals surface area (Å²) in [6.07, 6.45) is 1.57. The van der Waals surface area contributed by atoms with Gasteiger partial charge in [-0.2, -0.15) is 0 Å². The number of sulfone groups is 1. The Hall–Kier alpha value is -2.68. The molecule has 1 fully saturated rings. The third-order valence-electron chi connectivity index (χ3n) is 4.32. The normalized spacial score (nSPS) is 17.1. The number of aromatic nitrogens is 4. The summed E-state index contributed by atoms with van der Waals surface area (Å²) < 4.78 is 23.2. The van der Waals surface area contributed by atoms with Crippen molar-refractivity contribution in [3.8, 4) is 11.5 Å². The van der Waals surface area contributed by atoms with Crippen molar-refractivity contribution in [2.45, 2.75) is 6.92 Å². The van der Waals surface area contributed by atoms with Crippen LogP contribution in [0.25, 0.3) is 22.6 Å². The van der Waals surface area contributed by atoms with Crippen molar-refractivity contribution in [1.29, 1.82) is 0 Å². The van der Waals surface area contributed by atoms with E-state index in [1.807, 2.05) is 30.0 Å². The molecule has 2 aromatic heterocycles. The smallest absolute Gasteiger partial charge is 0.161 e. The molecule has 1 aliphatic rings. The molecule has 0 aliphatic carbocycles. The van der Waals surface area contributed by atoms with Crippen molar-refractivity contribution in [3.63, 3.8) is 0 Å². The molecule has 1 aromatic carbocycles. The van der Waals surface area contributed by atoms with Gasteiger partial charge in [0.2, 0.25) is 0 Å². The van der Waals surface area contributed by atoms with E-state index in [4.69, 9.17) is 5.73 Å². The number of imidazole rings is 1. The number of hydrogen-bond donors (Lipinski definition) is 2. The third kappa shape index (κ3) is 3.02. The highest BCUT2D eigenvalue weighted by Gasteiger charge is 2.23. The quantitative estimate of drug-likeness (QED) is 0.709. The highest BCUT2D eigenvalue weighted by atomic mass is 32.2. The molecule has 0 saturated carbocycles. The highest BCUT2D eigenvalue weighted by molar-refractivity contribution is 7.91. The first-order valence-electron chi connectivity index (χ1n) is 7.96. The topological polar surface area (TPSA) is 118 Å². The lowest BCUT2D eigenvalue weighted by Crippen LogP contribution is -2.40. The maximum atomic E-state index is 11.6. The molecule has 0 unspecified atom stereocenters. The van der Waals surface area contributed by atoms with Gasteiger partial charge in [0.25, 0.3) is 0 Å². The van der Waals surface area contributed by atoms with E-state index in [0.29, 0.717) is 30.4 Å². The number of H-pyrrole nitrogens is 1. The Morgan fingerprint density at radius 1 is 1.24 bits per heavy atom. The molecule has 25 heavy (non-hydrogen) atoms. The Morgan fingerprint density at radius 2 is 2.00 bits per heavy atom. The van der Waals surface area contributed by atoms with Crippen LogP contribution in [0.3, 0.4) is 0 Å². The number of hydrogen-bond acceptors (Lipinski definition) is 7. The minimum Gasteiger partial charge on any atom is -0.382 e. The SMILES string of the molecule is Cc1ccc2nc(-c3nc(N4CCS(=O)(=O)CC4)cnc3N)[nH]c2c1.[HH]. The molecule has 0 atom stereocenters. The maximum absolute atomic E-state index is 11.6. The van der Waals surface area contributed by atoms with Crippen molar-refractivity contribution in [2.24, 2.45) is 0 Å². The minimum atomic E-state index is -2.95. The number of nitrogens with zero attached hydrogens (tertiary/aromatic N) is 4. The summed E-state index contributed by atoms with van der Waals surface area (Å²) in [5.41, 5.74) is 9.34. The second-order valence-corrected chi connectivity index (χ2v) is 8.51. The van der Waals surface area contributed by atoms with Gasteiger partial charge in [-0.1, -0.05) is 6.07 Å². The van der Waals surface area contributed by atoms with Crippen molar-refractivity contribution >= 4 is 32.5 Å². The van der Waals surface area contributed by atoms with Gasteiger partial charge >= 0.3 is 0 Å². The Labute approximate surface area is 146 Å². The largest absolute Gasteiger partial charge is 0.382 e. The van der Waals surface area contributed by atoms with Crippen LogP contribution in [0.1, 0.15) is 6.99 Å². The molecule has 3 aromatic rings. The number of rotatable bonds is 2. The number of nitrogens with one attached hydrogen (secondary N) is 1. The fraction of sp³-hybridized carbons (Fsp3) is 0.312. The van der Waals surface area contributed by atoms with Gasteiger partial charge in [-0.15, -0.1) is 0 Å². The highest BCUT2D eigenvalue weighted by Crippen LogP contribution is 2.26. The molecule has 9 heteroatoms. The van der Waals surface area contributed by atoms with Crippen molar-refractivity contribution < 1.29 is 9.84 Å². The van der Waals surface area contributed by atoms with Gasteiger partial charge in [-0.3, -0.25) is 0 Å². The number of fused-ring (bicyclic) bond motifs is 1. The Morgan fingerprint density at radius 3 is 2.76 bits per heavy atom. The van der Waals surface area contributed by atoms with Crippen molar-refractivity contribution in [2.75, 3.05) is 35.2 Å². The average molecular weight is 360 g/mol.